The van der Waals surface area contributed by atoms with Gasteiger partial charge in [-0.25, -0.2) is 0 Å². The SMILES string of the molecule is CCc1ccc(C(=O)N2CC(C)NC(C)C2)cc1.Cl. The number of piperazine rings is 1. The Morgan fingerprint density at radius 1 is 1.21 bits per heavy atom. The van der Waals surface area contributed by atoms with E-state index in [1.54, 1.807) is 0 Å². The number of benzene rings is 1. The van der Waals surface area contributed by atoms with Gasteiger partial charge in [0.15, 0.2) is 0 Å². The number of rotatable bonds is 2. The van der Waals surface area contributed by atoms with Gasteiger partial charge < -0.3 is 10.2 Å². The smallest absolute Gasteiger partial charge is 0.253 e. The summed E-state index contributed by atoms with van der Waals surface area (Å²) in [5.41, 5.74) is 2.07. The molecule has 19 heavy (non-hydrogen) atoms. The van der Waals surface area contributed by atoms with Crippen LogP contribution < -0.4 is 5.32 Å². The molecule has 4 heteroatoms. The first kappa shape index (κ1) is 16.0. The molecule has 1 amide bonds. The normalized spacial score (nSPS) is 22.8. The van der Waals surface area contributed by atoms with Crippen LogP contribution >= 0.6 is 12.4 Å². The Morgan fingerprint density at radius 3 is 2.21 bits per heavy atom. The van der Waals surface area contributed by atoms with Crippen LogP contribution in [0.4, 0.5) is 0 Å². The summed E-state index contributed by atoms with van der Waals surface area (Å²) in [6, 6.07) is 8.71. The average molecular weight is 283 g/mol. The Labute approximate surface area is 121 Å². The van der Waals surface area contributed by atoms with Crippen molar-refractivity contribution in [3.63, 3.8) is 0 Å². The minimum atomic E-state index is 0. The first-order valence-corrected chi connectivity index (χ1v) is 6.74. The Balaban J connectivity index is 0.00000180. The van der Waals surface area contributed by atoms with Gasteiger partial charge in [-0.15, -0.1) is 12.4 Å². The standard InChI is InChI=1S/C15H22N2O.ClH/c1-4-13-5-7-14(8-6-13)15(18)17-9-11(2)16-12(3)10-17;/h5-8,11-12,16H,4,9-10H2,1-3H3;1H. The van der Waals surface area contributed by atoms with Crippen molar-refractivity contribution in [2.24, 2.45) is 0 Å². The minimum absolute atomic E-state index is 0. The van der Waals surface area contributed by atoms with Crippen molar-refractivity contribution in [1.29, 1.82) is 0 Å². The highest BCUT2D eigenvalue weighted by Crippen LogP contribution is 2.12. The molecule has 1 heterocycles. The van der Waals surface area contributed by atoms with Crippen LogP contribution in [0.5, 0.6) is 0 Å². The lowest BCUT2D eigenvalue weighted by Crippen LogP contribution is -2.55. The van der Waals surface area contributed by atoms with Gasteiger partial charge in [-0.1, -0.05) is 19.1 Å². The maximum Gasteiger partial charge on any atom is 0.253 e. The average Bonchev–Trinajstić information content (AvgIpc) is 2.37. The second-order valence-electron chi connectivity index (χ2n) is 5.23. The van der Waals surface area contributed by atoms with Gasteiger partial charge in [0, 0.05) is 30.7 Å². The Hall–Kier alpha value is -1.06. The lowest BCUT2D eigenvalue weighted by molar-refractivity contribution is 0.0674. The van der Waals surface area contributed by atoms with E-state index in [0.717, 1.165) is 25.1 Å². The summed E-state index contributed by atoms with van der Waals surface area (Å²) in [4.78, 5) is 14.3. The van der Waals surface area contributed by atoms with Crippen LogP contribution in [0.3, 0.4) is 0 Å². The molecular weight excluding hydrogens is 260 g/mol. The summed E-state index contributed by atoms with van der Waals surface area (Å²) in [6.07, 6.45) is 1.01. The number of aryl methyl sites for hydroxylation is 1. The van der Waals surface area contributed by atoms with Gasteiger partial charge in [-0.3, -0.25) is 4.79 Å². The molecule has 1 fully saturated rings. The Morgan fingerprint density at radius 2 is 1.74 bits per heavy atom. The van der Waals surface area contributed by atoms with Gasteiger partial charge in [0.2, 0.25) is 0 Å². The van der Waals surface area contributed by atoms with E-state index in [2.05, 4.69) is 26.1 Å². The number of nitrogens with zero attached hydrogens (tertiary/aromatic N) is 1. The van der Waals surface area contributed by atoms with Gasteiger partial charge in [-0.2, -0.15) is 0 Å². The van der Waals surface area contributed by atoms with Crippen LogP contribution in [0.15, 0.2) is 24.3 Å². The van der Waals surface area contributed by atoms with E-state index in [0.29, 0.717) is 12.1 Å². The molecule has 2 atom stereocenters. The number of carbonyl (C=O) groups is 1. The van der Waals surface area contributed by atoms with Gasteiger partial charge >= 0.3 is 0 Å². The summed E-state index contributed by atoms with van der Waals surface area (Å²) >= 11 is 0. The maximum atomic E-state index is 12.4. The van der Waals surface area contributed by atoms with Crippen molar-refractivity contribution in [1.82, 2.24) is 10.2 Å². The molecule has 1 saturated heterocycles. The molecule has 1 N–H and O–H groups in total. The predicted molar refractivity (Wildman–Crippen MR) is 81.0 cm³/mol. The largest absolute Gasteiger partial charge is 0.336 e. The maximum absolute atomic E-state index is 12.4. The Bertz CT molecular complexity index is 409. The van der Waals surface area contributed by atoms with Crippen LogP contribution in [0.2, 0.25) is 0 Å². The van der Waals surface area contributed by atoms with E-state index in [4.69, 9.17) is 0 Å². The number of halogens is 1. The van der Waals surface area contributed by atoms with E-state index >= 15 is 0 Å². The molecule has 0 spiro atoms. The first-order chi connectivity index (χ1) is 8.60. The number of amides is 1. The summed E-state index contributed by atoms with van der Waals surface area (Å²) in [5.74, 6) is 0.151. The molecular formula is C15H23ClN2O. The lowest BCUT2D eigenvalue weighted by Gasteiger charge is -2.36. The van der Waals surface area contributed by atoms with Crippen LogP contribution in [0.1, 0.15) is 36.7 Å². The van der Waals surface area contributed by atoms with Crippen LogP contribution in [-0.2, 0) is 6.42 Å². The molecule has 0 saturated carbocycles. The van der Waals surface area contributed by atoms with Crippen molar-refractivity contribution >= 4 is 18.3 Å². The van der Waals surface area contributed by atoms with E-state index in [1.165, 1.54) is 5.56 Å². The van der Waals surface area contributed by atoms with Crippen molar-refractivity contribution in [3.8, 4) is 0 Å². The molecule has 1 aliphatic rings. The van der Waals surface area contributed by atoms with Crippen molar-refractivity contribution < 1.29 is 4.79 Å². The molecule has 2 unspecified atom stereocenters. The number of carbonyl (C=O) groups excluding carboxylic acids is 1. The molecule has 0 bridgehead atoms. The van der Waals surface area contributed by atoms with Crippen LogP contribution in [0, 0.1) is 0 Å². The molecule has 1 aliphatic heterocycles. The highest BCUT2D eigenvalue weighted by molar-refractivity contribution is 5.94. The third-order valence-electron chi connectivity index (χ3n) is 3.45. The van der Waals surface area contributed by atoms with Gasteiger partial charge in [0.1, 0.15) is 0 Å². The lowest BCUT2D eigenvalue weighted by atomic mass is 10.1. The van der Waals surface area contributed by atoms with E-state index in [-0.39, 0.29) is 18.3 Å². The van der Waals surface area contributed by atoms with E-state index in [9.17, 15) is 4.79 Å². The quantitative estimate of drug-likeness (QED) is 0.904. The second-order valence-corrected chi connectivity index (χ2v) is 5.23. The molecule has 3 nitrogen and oxygen atoms in total. The molecule has 1 aromatic rings. The summed E-state index contributed by atoms with van der Waals surface area (Å²) in [5, 5.41) is 3.44. The minimum Gasteiger partial charge on any atom is -0.336 e. The number of hydrogen-bond donors (Lipinski definition) is 1. The van der Waals surface area contributed by atoms with Crippen molar-refractivity contribution in [2.45, 2.75) is 39.3 Å². The molecule has 0 radical (unpaired) electrons. The summed E-state index contributed by atoms with van der Waals surface area (Å²) < 4.78 is 0. The van der Waals surface area contributed by atoms with E-state index in [1.807, 2.05) is 29.2 Å². The zero-order chi connectivity index (χ0) is 13.1. The van der Waals surface area contributed by atoms with Crippen molar-refractivity contribution in [2.75, 3.05) is 13.1 Å². The molecule has 106 valence electrons. The van der Waals surface area contributed by atoms with E-state index < -0.39 is 0 Å². The van der Waals surface area contributed by atoms with Crippen LogP contribution in [-0.4, -0.2) is 36.0 Å². The van der Waals surface area contributed by atoms with Gasteiger partial charge in [-0.05, 0) is 38.0 Å². The van der Waals surface area contributed by atoms with Gasteiger partial charge in [0.25, 0.3) is 5.91 Å². The first-order valence-electron chi connectivity index (χ1n) is 6.74. The Kier molecular flexibility index (Phi) is 5.83. The zero-order valence-electron chi connectivity index (χ0n) is 11.8. The fourth-order valence-corrected chi connectivity index (χ4v) is 2.56. The topological polar surface area (TPSA) is 32.3 Å². The molecule has 2 rings (SSSR count). The molecule has 0 aromatic heterocycles. The van der Waals surface area contributed by atoms with Gasteiger partial charge in [0.05, 0.1) is 0 Å². The monoisotopic (exact) mass is 282 g/mol. The third-order valence-corrected chi connectivity index (χ3v) is 3.45. The summed E-state index contributed by atoms with van der Waals surface area (Å²) in [6.45, 7) is 7.94. The predicted octanol–water partition coefficient (Wildman–Crippen LogP) is 2.49. The molecule has 0 aliphatic carbocycles. The van der Waals surface area contributed by atoms with Crippen LogP contribution in [0.25, 0.3) is 0 Å². The van der Waals surface area contributed by atoms with Crippen molar-refractivity contribution in [3.05, 3.63) is 35.4 Å². The zero-order valence-corrected chi connectivity index (χ0v) is 12.7. The number of nitrogens with one attached hydrogen (secondary N) is 1. The summed E-state index contributed by atoms with van der Waals surface area (Å²) in [7, 11) is 0. The highest BCUT2D eigenvalue weighted by Gasteiger charge is 2.25. The fraction of sp³-hybridized carbons (Fsp3) is 0.533. The highest BCUT2D eigenvalue weighted by atomic mass is 35.5. The third kappa shape index (κ3) is 3.95. The molecule has 1 aromatic carbocycles. The fourth-order valence-electron chi connectivity index (χ4n) is 2.56. The number of hydrogen-bond acceptors (Lipinski definition) is 2. The second kappa shape index (κ2) is 6.92.